The van der Waals surface area contributed by atoms with Crippen molar-refractivity contribution in [1.82, 2.24) is 15.1 Å². The number of amides is 1. The lowest BCUT2D eigenvalue weighted by Crippen LogP contribution is -2.53. The minimum absolute atomic E-state index is 0.0219. The van der Waals surface area contributed by atoms with E-state index < -0.39 is 18.3 Å². The van der Waals surface area contributed by atoms with Crippen molar-refractivity contribution >= 4 is 22.5 Å². The van der Waals surface area contributed by atoms with E-state index in [0.717, 1.165) is 32.9 Å². The van der Waals surface area contributed by atoms with Crippen LogP contribution in [0.4, 0.5) is 19.0 Å². The Labute approximate surface area is 220 Å². The van der Waals surface area contributed by atoms with Crippen molar-refractivity contribution in [2.75, 3.05) is 5.32 Å². The maximum Gasteiger partial charge on any atom is 0.410 e. The molecule has 0 saturated heterocycles. The first-order valence-corrected chi connectivity index (χ1v) is 13.9. The Balaban J connectivity index is 1.16. The molecule has 3 atom stereocenters. The van der Waals surface area contributed by atoms with Gasteiger partial charge in [0.25, 0.3) is 5.91 Å². The Hall–Kier alpha value is -3.03. The van der Waals surface area contributed by atoms with Gasteiger partial charge in [0.05, 0.1) is 12.2 Å². The fourth-order valence-electron chi connectivity index (χ4n) is 8.54. The van der Waals surface area contributed by atoms with Gasteiger partial charge in [-0.05, 0) is 91.0 Å². The highest BCUT2D eigenvalue weighted by Gasteiger charge is 2.50. The van der Waals surface area contributed by atoms with Crippen molar-refractivity contribution in [1.29, 1.82) is 0 Å². The van der Waals surface area contributed by atoms with Gasteiger partial charge in [-0.15, -0.1) is 0 Å². The second-order valence-electron chi connectivity index (χ2n) is 12.2. The van der Waals surface area contributed by atoms with Crippen LogP contribution >= 0.6 is 0 Å². The average Bonchev–Trinajstić information content (AvgIpc) is 3.31. The number of hydrogen-bond donors (Lipinski definition) is 2. The van der Waals surface area contributed by atoms with Crippen LogP contribution < -0.4 is 10.6 Å². The molecule has 2 heterocycles. The lowest BCUT2D eigenvalue weighted by Gasteiger charge is -2.56. The van der Waals surface area contributed by atoms with E-state index in [1.54, 1.807) is 0 Å². The summed E-state index contributed by atoms with van der Waals surface area (Å²) in [6, 6.07) is 11.1. The van der Waals surface area contributed by atoms with Crippen LogP contribution in [0.15, 0.2) is 48.7 Å². The first-order chi connectivity index (χ1) is 18.2. The van der Waals surface area contributed by atoms with Crippen molar-refractivity contribution in [3.05, 3.63) is 59.8 Å². The summed E-state index contributed by atoms with van der Waals surface area (Å²) in [6.07, 6.45) is 3.00. The van der Waals surface area contributed by atoms with Crippen LogP contribution in [0.5, 0.6) is 0 Å². The summed E-state index contributed by atoms with van der Waals surface area (Å²) >= 11 is 0. The molecule has 3 aromatic rings. The topological polar surface area (TPSA) is 59.0 Å². The van der Waals surface area contributed by atoms with Gasteiger partial charge < -0.3 is 10.6 Å². The SMILES string of the molecule is CC(NC(=O)c1cnn2c1NC(c1ccc3ccccc3c1)CC2C(F)(F)F)C1C2CC3CC(C2)CC1C3. The molecule has 0 radical (unpaired) electrons. The van der Waals surface area contributed by atoms with Crippen molar-refractivity contribution in [2.45, 2.75) is 69.8 Å². The van der Waals surface area contributed by atoms with E-state index in [2.05, 4.69) is 22.7 Å². The quantitative estimate of drug-likeness (QED) is 0.392. The molecule has 4 fully saturated rings. The Morgan fingerprint density at radius 3 is 2.37 bits per heavy atom. The van der Waals surface area contributed by atoms with E-state index in [4.69, 9.17) is 0 Å². The number of fused-ring (bicyclic) bond motifs is 2. The maximum atomic E-state index is 14.2. The fraction of sp³-hybridized carbons (Fsp3) is 0.533. The molecule has 4 aliphatic carbocycles. The molecule has 2 N–H and O–H groups in total. The fourth-order valence-corrected chi connectivity index (χ4v) is 8.54. The maximum absolute atomic E-state index is 14.2. The van der Waals surface area contributed by atoms with Gasteiger partial charge in [-0.3, -0.25) is 4.79 Å². The van der Waals surface area contributed by atoms with Crippen molar-refractivity contribution in [3.8, 4) is 0 Å². The smallest absolute Gasteiger partial charge is 0.363 e. The second kappa shape index (κ2) is 8.75. The van der Waals surface area contributed by atoms with E-state index in [9.17, 15) is 18.0 Å². The lowest BCUT2D eigenvalue weighted by molar-refractivity contribution is -0.173. The van der Waals surface area contributed by atoms with Gasteiger partial charge in [-0.1, -0.05) is 36.4 Å². The third-order valence-corrected chi connectivity index (χ3v) is 9.89. The van der Waals surface area contributed by atoms with E-state index in [1.807, 2.05) is 42.5 Å². The van der Waals surface area contributed by atoms with Crippen LogP contribution in [-0.2, 0) is 0 Å². The average molecular weight is 523 g/mol. The Kier molecular flexibility index (Phi) is 5.53. The molecule has 38 heavy (non-hydrogen) atoms. The molecule has 1 aliphatic heterocycles. The van der Waals surface area contributed by atoms with Crippen LogP contribution in [0.25, 0.3) is 10.8 Å². The van der Waals surface area contributed by atoms with Gasteiger partial charge >= 0.3 is 6.18 Å². The van der Waals surface area contributed by atoms with Crippen LogP contribution in [-0.4, -0.2) is 27.9 Å². The molecule has 2 aromatic carbocycles. The Morgan fingerprint density at radius 1 is 1.00 bits per heavy atom. The van der Waals surface area contributed by atoms with Crippen LogP contribution in [0.1, 0.15) is 73.5 Å². The summed E-state index contributed by atoms with van der Waals surface area (Å²) in [6.45, 7) is 2.07. The predicted molar refractivity (Wildman–Crippen MR) is 140 cm³/mol. The molecule has 3 unspecified atom stereocenters. The molecule has 5 nitrogen and oxygen atoms in total. The molecule has 200 valence electrons. The van der Waals surface area contributed by atoms with Crippen molar-refractivity contribution in [2.24, 2.45) is 29.6 Å². The molecule has 4 bridgehead atoms. The molecule has 5 aliphatic rings. The number of anilines is 1. The first-order valence-electron chi connectivity index (χ1n) is 13.9. The molecule has 4 saturated carbocycles. The minimum atomic E-state index is -4.49. The number of carbonyl (C=O) groups excluding carboxylic acids is 1. The van der Waals surface area contributed by atoms with Gasteiger partial charge in [0.2, 0.25) is 0 Å². The predicted octanol–water partition coefficient (Wildman–Crippen LogP) is 6.89. The number of nitrogens with one attached hydrogen (secondary N) is 2. The van der Waals surface area contributed by atoms with Gasteiger partial charge in [-0.25, -0.2) is 4.68 Å². The molecule has 0 spiro atoms. The zero-order valence-corrected chi connectivity index (χ0v) is 21.4. The number of rotatable bonds is 4. The molecule has 1 aromatic heterocycles. The minimum Gasteiger partial charge on any atom is -0.363 e. The summed E-state index contributed by atoms with van der Waals surface area (Å²) in [4.78, 5) is 13.5. The summed E-state index contributed by atoms with van der Waals surface area (Å²) < 4.78 is 43.6. The second-order valence-corrected chi connectivity index (χ2v) is 12.2. The molecular formula is C30H33F3N4O. The molecule has 8 heteroatoms. The lowest BCUT2D eigenvalue weighted by atomic mass is 9.50. The monoisotopic (exact) mass is 522 g/mol. The molecular weight excluding hydrogens is 489 g/mol. The van der Waals surface area contributed by atoms with Crippen LogP contribution in [0.2, 0.25) is 0 Å². The standard InChI is InChI=1S/C30H33F3N4O/c1-16(27-22-9-17-8-18(11-22)12-23(27)10-17)35-29(38)24-15-34-37-26(30(31,32)33)14-25(36-28(24)37)21-7-6-19-4-2-3-5-20(19)13-21/h2-7,13,15-18,22-23,25-27,36H,8-12,14H2,1H3,(H,35,38). The van der Waals surface area contributed by atoms with E-state index in [1.165, 1.54) is 38.3 Å². The number of aromatic nitrogens is 2. The van der Waals surface area contributed by atoms with Gasteiger partial charge in [-0.2, -0.15) is 18.3 Å². The van der Waals surface area contributed by atoms with Crippen molar-refractivity contribution in [3.63, 3.8) is 0 Å². The van der Waals surface area contributed by atoms with E-state index in [0.29, 0.717) is 17.8 Å². The van der Waals surface area contributed by atoms with Crippen LogP contribution in [0, 0.1) is 29.6 Å². The highest BCUT2D eigenvalue weighted by Crippen LogP contribution is 2.57. The highest BCUT2D eigenvalue weighted by atomic mass is 19.4. The van der Waals surface area contributed by atoms with E-state index in [-0.39, 0.29) is 29.8 Å². The normalized spacial score (nSPS) is 32.6. The van der Waals surface area contributed by atoms with Gasteiger partial charge in [0.15, 0.2) is 6.04 Å². The zero-order chi connectivity index (χ0) is 26.2. The largest absolute Gasteiger partial charge is 0.410 e. The van der Waals surface area contributed by atoms with Gasteiger partial charge in [0.1, 0.15) is 11.4 Å². The summed E-state index contributed by atoms with van der Waals surface area (Å²) in [7, 11) is 0. The van der Waals surface area contributed by atoms with E-state index >= 15 is 0 Å². The summed E-state index contributed by atoms with van der Waals surface area (Å²) in [5, 5.41) is 12.5. The zero-order valence-electron chi connectivity index (χ0n) is 21.4. The third kappa shape index (κ3) is 3.98. The van der Waals surface area contributed by atoms with Crippen molar-refractivity contribution < 1.29 is 18.0 Å². The number of nitrogens with zero attached hydrogens (tertiary/aromatic N) is 2. The van der Waals surface area contributed by atoms with Gasteiger partial charge in [0, 0.05) is 12.5 Å². The third-order valence-electron chi connectivity index (χ3n) is 9.89. The summed E-state index contributed by atoms with van der Waals surface area (Å²) in [5.41, 5.74) is 0.944. The Bertz CT molecular complexity index is 1350. The molecule has 8 rings (SSSR count). The first kappa shape index (κ1) is 24.0. The number of hydrogen-bond acceptors (Lipinski definition) is 3. The number of halogens is 3. The number of alkyl halides is 3. The number of benzene rings is 2. The highest BCUT2D eigenvalue weighted by molar-refractivity contribution is 5.99. The number of carbonyl (C=O) groups is 1. The Morgan fingerprint density at radius 2 is 1.68 bits per heavy atom. The molecule has 1 amide bonds. The summed E-state index contributed by atoms with van der Waals surface area (Å²) in [5.74, 6) is 3.22. The van der Waals surface area contributed by atoms with Crippen LogP contribution in [0.3, 0.4) is 0 Å².